The van der Waals surface area contributed by atoms with E-state index in [1.807, 2.05) is 4.57 Å². The smallest absolute Gasteiger partial charge is 0.356 e. The first-order valence-electron chi connectivity index (χ1n) is 7.36. The van der Waals surface area contributed by atoms with E-state index >= 15 is 0 Å². The van der Waals surface area contributed by atoms with Gasteiger partial charge >= 0.3 is 5.97 Å². The van der Waals surface area contributed by atoms with Crippen LogP contribution in [0.2, 0.25) is 0 Å². The van der Waals surface area contributed by atoms with Gasteiger partial charge in [-0.3, -0.25) is 0 Å². The van der Waals surface area contributed by atoms with Gasteiger partial charge in [0.2, 0.25) is 0 Å². The van der Waals surface area contributed by atoms with Gasteiger partial charge in [-0.2, -0.15) is 0 Å². The molecule has 1 aromatic heterocycles. The summed E-state index contributed by atoms with van der Waals surface area (Å²) in [6.07, 6.45) is 4.56. The molecular formula is C14H22N4O2. The standard InChI is InChI=1S/C14H22N4O2/c1-17-7-5-9(6-8-17)13-16-12(14(19)20)10-3-2-4-11(15)18(10)13/h9,11H,2-8,15H2,1H3,(H,19,20). The van der Waals surface area contributed by atoms with E-state index in [0.29, 0.717) is 5.92 Å². The summed E-state index contributed by atoms with van der Waals surface area (Å²) >= 11 is 0. The molecule has 2 aliphatic heterocycles. The minimum atomic E-state index is -0.929. The number of hydrogen-bond acceptors (Lipinski definition) is 4. The molecule has 2 aliphatic rings. The average molecular weight is 278 g/mol. The van der Waals surface area contributed by atoms with E-state index in [-0.39, 0.29) is 11.9 Å². The van der Waals surface area contributed by atoms with Gasteiger partial charge in [0.25, 0.3) is 0 Å². The summed E-state index contributed by atoms with van der Waals surface area (Å²) in [5.74, 6) is 0.307. The lowest BCUT2D eigenvalue weighted by molar-refractivity contribution is 0.0689. The molecule has 1 fully saturated rings. The quantitative estimate of drug-likeness (QED) is 0.848. The molecule has 20 heavy (non-hydrogen) atoms. The summed E-state index contributed by atoms with van der Waals surface area (Å²) in [5, 5.41) is 9.36. The van der Waals surface area contributed by atoms with Crippen molar-refractivity contribution in [2.45, 2.75) is 44.2 Å². The number of carbonyl (C=O) groups is 1. The van der Waals surface area contributed by atoms with Gasteiger partial charge in [0.15, 0.2) is 5.69 Å². The lowest BCUT2D eigenvalue weighted by Crippen LogP contribution is -2.32. The minimum absolute atomic E-state index is 0.117. The van der Waals surface area contributed by atoms with Crippen molar-refractivity contribution in [3.8, 4) is 0 Å². The molecule has 110 valence electrons. The molecule has 1 aromatic rings. The van der Waals surface area contributed by atoms with Crippen LogP contribution in [0.4, 0.5) is 0 Å². The van der Waals surface area contributed by atoms with Crippen molar-refractivity contribution >= 4 is 5.97 Å². The number of fused-ring (bicyclic) bond motifs is 1. The number of piperidine rings is 1. The van der Waals surface area contributed by atoms with E-state index in [4.69, 9.17) is 5.73 Å². The summed E-state index contributed by atoms with van der Waals surface area (Å²) in [6.45, 7) is 2.06. The SMILES string of the molecule is CN1CCC(c2nc(C(=O)O)c3n2C(N)CCC3)CC1. The second-order valence-electron chi connectivity index (χ2n) is 5.98. The van der Waals surface area contributed by atoms with Crippen molar-refractivity contribution < 1.29 is 9.90 Å². The Morgan fingerprint density at radius 1 is 1.35 bits per heavy atom. The molecule has 0 bridgehead atoms. The number of imidazole rings is 1. The topological polar surface area (TPSA) is 84.4 Å². The zero-order valence-electron chi connectivity index (χ0n) is 11.9. The first-order chi connectivity index (χ1) is 9.58. The van der Waals surface area contributed by atoms with Gasteiger partial charge in [0.05, 0.1) is 11.9 Å². The van der Waals surface area contributed by atoms with Crippen molar-refractivity contribution in [2.75, 3.05) is 20.1 Å². The number of likely N-dealkylation sites (tertiary alicyclic amines) is 1. The Bertz CT molecular complexity index is 517. The molecule has 1 saturated heterocycles. The first kappa shape index (κ1) is 13.6. The molecule has 3 rings (SSSR count). The summed E-state index contributed by atoms with van der Waals surface area (Å²) < 4.78 is 2.02. The third-order valence-electron chi connectivity index (χ3n) is 4.57. The number of aromatic carboxylic acids is 1. The summed E-state index contributed by atoms with van der Waals surface area (Å²) in [7, 11) is 2.12. The number of rotatable bonds is 2. The Morgan fingerprint density at radius 2 is 2.05 bits per heavy atom. The van der Waals surface area contributed by atoms with Crippen LogP contribution in [0.25, 0.3) is 0 Å². The number of aromatic nitrogens is 2. The fraction of sp³-hybridized carbons (Fsp3) is 0.714. The zero-order valence-corrected chi connectivity index (χ0v) is 11.9. The van der Waals surface area contributed by atoms with Gasteiger partial charge in [0, 0.05) is 5.92 Å². The average Bonchev–Trinajstić information content (AvgIpc) is 2.81. The third kappa shape index (κ3) is 2.23. The van der Waals surface area contributed by atoms with Crippen molar-refractivity contribution in [1.82, 2.24) is 14.5 Å². The van der Waals surface area contributed by atoms with Crippen LogP contribution in [-0.4, -0.2) is 45.7 Å². The number of carboxylic acids is 1. The van der Waals surface area contributed by atoms with Crippen molar-refractivity contribution in [3.05, 3.63) is 17.2 Å². The second-order valence-corrected chi connectivity index (χ2v) is 5.98. The van der Waals surface area contributed by atoms with Crippen LogP contribution in [0.3, 0.4) is 0 Å². The Balaban J connectivity index is 2.00. The van der Waals surface area contributed by atoms with Crippen LogP contribution in [0.15, 0.2) is 0 Å². The molecule has 0 saturated carbocycles. The normalized spacial score (nSPS) is 24.6. The van der Waals surface area contributed by atoms with E-state index in [9.17, 15) is 9.90 Å². The zero-order chi connectivity index (χ0) is 14.3. The molecule has 6 nitrogen and oxygen atoms in total. The van der Waals surface area contributed by atoms with Crippen LogP contribution >= 0.6 is 0 Å². The predicted molar refractivity (Wildman–Crippen MR) is 74.8 cm³/mol. The maximum atomic E-state index is 11.4. The molecule has 1 atom stereocenters. The molecule has 6 heteroatoms. The number of hydrogen-bond donors (Lipinski definition) is 2. The first-order valence-corrected chi connectivity index (χ1v) is 7.36. The van der Waals surface area contributed by atoms with Gasteiger partial charge in [0.1, 0.15) is 5.82 Å². The van der Waals surface area contributed by atoms with Crippen LogP contribution in [0, 0.1) is 0 Å². The second kappa shape index (κ2) is 5.18. The molecule has 1 unspecified atom stereocenters. The van der Waals surface area contributed by atoms with Gasteiger partial charge < -0.3 is 20.3 Å². The lowest BCUT2D eigenvalue weighted by atomic mass is 9.95. The van der Waals surface area contributed by atoms with Gasteiger partial charge in [-0.1, -0.05) is 0 Å². The fourth-order valence-electron chi connectivity index (χ4n) is 3.43. The molecule has 0 aliphatic carbocycles. The largest absolute Gasteiger partial charge is 0.476 e. The van der Waals surface area contributed by atoms with Crippen LogP contribution in [0.1, 0.15) is 59.8 Å². The van der Waals surface area contributed by atoms with Gasteiger partial charge in [-0.15, -0.1) is 0 Å². The van der Waals surface area contributed by atoms with E-state index in [1.165, 1.54) is 0 Å². The highest BCUT2D eigenvalue weighted by Gasteiger charge is 2.32. The highest BCUT2D eigenvalue weighted by molar-refractivity contribution is 5.87. The molecule has 0 spiro atoms. The highest BCUT2D eigenvalue weighted by Crippen LogP contribution is 2.33. The number of nitrogens with zero attached hydrogens (tertiary/aromatic N) is 3. The van der Waals surface area contributed by atoms with E-state index in [0.717, 1.165) is 56.7 Å². The highest BCUT2D eigenvalue weighted by atomic mass is 16.4. The summed E-state index contributed by atoms with van der Waals surface area (Å²) in [5.41, 5.74) is 7.26. The van der Waals surface area contributed by atoms with E-state index in [2.05, 4.69) is 16.9 Å². The Morgan fingerprint density at radius 3 is 2.70 bits per heavy atom. The summed E-state index contributed by atoms with van der Waals surface area (Å²) in [6, 6.07) is 0. The third-order valence-corrected chi connectivity index (χ3v) is 4.57. The molecule has 0 aromatic carbocycles. The van der Waals surface area contributed by atoms with Gasteiger partial charge in [-0.05, 0) is 52.2 Å². The Labute approximate surface area is 118 Å². The summed E-state index contributed by atoms with van der Waals surface area (Å²) in [4.78, 5) is 18.2. The number of nitrogens with two attached hydrogens (primary N) is 1. The minimum Gasteiger partial charge on any atom is -0.476 e. The molecule has 0 radical (unpaired) electrons. The molecule has 3 N–H and O–H groups in total. The van der Waals surface area contributed by atoms with Gasteiger partial charge in [-0.25, -0.2) is 9.78 Å². The Hall–Kier alpha value is -1.40. The number of carboxylic acid groups (broad SMARTS) is 1. The molecule has 3 heterocycles. The van der Waals surface area contributed by atoms with Crippen LogP contribution < -0.4 is 5.73 Å². The van der Waals surface area contributed by atoms with Crippen LogP contribution in [-0.2, 0) is 6.42 Å². The monoisotopic (exact) mass is 278 g/mol. The lowest BCUT2D eigenvalue weighted by Gasteiger charge is -2.31. The molecular weight excluding hydrogens is 256 g/mol. The van der Waals surface area contributed by atoms with Crippen molar-refractivity contribution in [1.29, 1.82) is 0 Å². The fourth-order valence-corrected chi connectivity index (χ4v) is 3.43. The Kier molecular flexibility index (Phi) is 3.52. The van der Waals surface area contributed by atoms with E-state index < -0.39 is 5.97 Å². The van der Waals surface area contributed by atoms with E-state index in [1.54, 1.807) is 0 Å². The maximum absolute atomic E-state index is 11.4. The van der Waals surface area contributed by atoms with Crippen molar-refractivity contribution in [2.24, 2.45) is 5.73 Å². The predicted octanol–water partition coefficient (Wildman–Crippen LogP) is 1.18. The maximum Gasteiger partial charge on any atom is 0.356 e. The molecule has 0 amide bonds. The van der Waals surface area contributed by atoms with Crippen molar-refractivity contribution in [3.63, 3.8) is 0 Å². The van der Waals surface area contributed by atoms with Crippen LogP contribution in [0.5, 0.6) is 0 Å².